The number of rotatable bonds is 11. The average molecular weight is 519 g/mol. The summed E-state index contributed by atoms with van der Waals surface area (Å²) in [5, 5.41) is 12.1. The maximum atomic E-state index is 12.6. The highest BCUT2D eigenvalue weighted by molar-refractivity contribution is 7.99. The highest BCUT2D eigenvalue weighted by Gasteiger charge is 2.16. The van der Waals surface area contributed by atoms with Crippen LogP contribution >= 0.6 is 23.4 Å². The van der Waals surface area contributed by atoms with E-state index < -0.39 is 5.97 Å². The molecule has 0 atom stereocenters. The Morgan fingerprint density at radius 2 is 1.91 bits per heavy atom. The van der Waals surface area contributed by atoms with Gasteiger partial charge in [0, 0.05) is 6.54 Å². The van der Waals surface area contributed by atoms with E-state index in [1.165, 1.54) is 17.8 Å². The summed E-state index contributed by atoms with van der Waals surface area (Å²) in [7, 11) is 1.59. The zero-order chi connectivity index (χ0) is 25.4. The van der Waals surface area contributed by atoms with E-state index in [-0.39, 0.29) is 24.9 Å². The number of hydrogen-bond acceptors (Lipinski definition) is 8. The van der Waals surface area contributed by atoms with E-state index in [2.05, 4.69) is 15.5 Å². The zero-order valence-electron chi connectivity index (χ0n) is 20.0. The molecule has 0 aliphatic carbocycles. The molecule has 1 aromatic heterocycles. The fraction of sp³-hybridized carbons (Fsp3) is 0.333. The Bertz CT molecular complexity index is 1200. The Morgan fingerprint density at radius 1 is 1.11 bits per heavy atom. The smallest absolute Gasteiger partial charge is 0.338 e. The second-order valence-electron chi connectivity index (χ2n) is 7.34. The molecule has 3 aromatic rings. The summed E-state index contributed by atoms with van der Waals surface area (Å²) in [6.45, 7) is 6.72. The number of aryl methyl sites for hydroxylation is 1. The SMILES string of the molecule is CCOC(=O)c1ccc(Cl)c(NC(=O)CSc2nnc(COc3ccc(C)cc3OC)n2CC)c1. The topological polar surface area (TPSA) is 105 Å². The Morgan fingerprint density at radius 3 is 2.63 bits per heavy atom. The van der Waals surface area contributed by atoms with Crippen LogP contribution in [0.2, 0.25) is 5.02 Å². The van der Waals surface area contributed by atoms with Crippen molar-refractivity contribution in [1.82, 2.24) is 14.8 Å². The molecule has 0 unspecified atom stereocenters. The number of methoxy groups -OCH3 is 1. The van der Waals surface area contributed by atoms with Crippen LogP contribution in [-0.4, -0.2) is 46.1 Å². The van der Waals surface area contributed by atoms with Gasteiger partial charge in [0.1, 0.15) is 6.61 Å². The summed E-state index contributed by atoms with van der Waals surface area (Å²) in [5.41, 5.74) is 1.71. The van der Waals surface area contributed by atoms with Crippen molar-refractivity contribution in [2.45, 2.75) is 39.1 Å². The molecule has 186 valence electrons. The molecule has 9 nitrogen and oxygen atoms in total. The van der Waals surface area contributed by atoms with Crippen molar-refractivity contribution < 1.29 is 23.8 Å². The highest BCUT2D eigenvalue weighted by atomic mass is 35.5. The van der Waals surface area contributed by atoms with Gasteiger partial charge in [0.25, 0.3) is 0 Å². The van der Waals surface area contributed by atoms with Crippen LogP contribution in [0.5, 0.6) is 11.5 Å². The van der Waals surface area contributed by atoms with Crippen LogP contribution in [0.25, 0.3) is 0 Å². The van der Waals surface area contributed by atoms with Gasteiger partial charge in [0.15, 0.2) is 22.5 Å². The van der Waals surface area contributed by atoms with E-state index in [9.17, 15) is 9.59 Å². The molecule has 0 saturated heterocycles. The molecule has 3 rings (SSSR count). The lowest BCUT2D eigenvalue weighted by Gasteiger charge is -2.12. The predicted octanol–water partition coefficient (Wildman–Crippen LogP) is 4.75. The summed E-state index contributed by atoms with van der Waals surface area (Å²) >= 11 is 7.42. The number of amides is 1. The lowest BCUT2D eigenvalue weighted by Crippen LogP contribution is -2.16. The van der Waals surface area contributed by atoms with Crippen molar-refractivity contribution in [1.29, 1.82) is 0 Å². The van der Waals surface area contributed by atoms with Crippen LogP contribution < -0.4 is 14.8 Å². The third-order valence-electron chi connectivity index (χ3n) is 4.87. The molecule has 1 N–H and O–H groups in total. The van der Waals surface area contributed by atoms with Gasteiger partial charge in [-0.3, -0.25) is 4.79 Å². The number of ether oxygens (including phenoxy) is 3. The van der Waals surface area contributed by atoms with Gasteiger partial charge in [-0.05, 0) is 56.7 Å². The van der Waals surface area contributed by atoms with E-state index in [1.807, 2.05) is 36.6 Å². The summed E-state index contributed by atoms with van der Waals surface area (Å²) in [6, 6.07) is 10.3. The van der Waals surface area contributed by atoms with Crippen molar-refractivity contribution in [2.24, 2.45) is 0 Å². The van der Waals surface area contributed by atoms with Gasteiger partial charge in [0.05, 0.1) is 35.7 Å². The lowest BCUT2D eigenvalue weighted by molar-refractivity contribution is -0.113. The number of hydrogen-bond donors (Lipinski definition) is 1. The number of benzene rings is 2. The summed E-state index contributed by atoms with van der Waals surface area (Å²) in [5.74, 6) is 1.17. The van der Waals surface area contributed by atoms with Gasteiger partial charge >= 0.3 is 5.97 Å². The van der Waals surface area contributed by atoms with Gasteiger partial charge in [0.2, 0.25) is 5.91 Å². The second kappa shape index (κ2) is 12.5. The first-order valence-electron chi connectivity index (χ1n) is 10.9. The number of esters is 1. The Labute approximate surface area is 213 Å². The molecule has 0 fully saturated rings. The number of halogens is 1. The van der Waals surface area contributed by atoms with Crippen LogP contribution in [0.1, 0.15) is 35.6 Å². The van der Waals surface area contributed by atoms with Crippen LogP contribution in [0, 0.1) is 6.92 Å². The Kier molecular flexibility index (Phi) is 9.39. The molecule has 1 amide bonds. The molecule has 0 aliphatic heterocycles. The standard InChI is InChI=1S/C24H27ClN4O5S/c1-5-29-21(13-34-19-10-7-15(3)11-20(19)32-4)27-28-24(29)35-14-22(30)26-18-12-16(8-9-17(18)25)23(31)33-6-2/h7-12H,5-6,13-14H2,1-4H3,(H,26,30). The van der Waals surface area contributed by atoms with E-state index in [0.29, 0.717) is 45.3 Å². The number of thioether (sulfide) groups is 1. The average Bonchev–Trinajstić information content (AvgIpc) is 3.25. The quantitative estimate of drug-likeness (QED) is 0.286. The van der Waals surface area contributed by atoms with Crippen molar-refractivity contribution in [3.8, 4) is 11.5 Å². The minimum absolute atomic E-state index is 0.0741. The number of nitrogens with one attached hydrogen (secondary N) is 1. The molecular formula is C24H27ClN4O5S. The van der Waals surface area contributed by atoms with Crippen LogP contribution in [-0.2, 0) is 22.7 Å². The second-order valence-corrected chi connectivity index (χ2v) is 8.69. The first-order chi connectivity index (χ1) is 16.9. The van der Waals surface area contributed by atoms with Crippen LogP contribution in [0.4, 0.5) is 5.69 Å². The molecule has 1 heterocycles. The minimum atomic E-state index is -0.483. The molecule has 0 saturated carbocycles. The molecule has 0 bridgehead atoms. The third kappa shape index (κ3) is 6.89. The molecule has 35 heavy (non-hydrogen) atoms. The number of anilines is 1. The van der Waals surface area contributed by atoms with Crippen LogP contribution in [0.3, 0.4) is 0 Å². The van der Waals surface area contributed by atoms with Gasteiger partial charge in [-0.1, -0.05) is 29.4 Å². The zero-order valence-corrected chi connectivity index (χ0v) is 21.5. The lowest BCUT2D eigenvalue weighted by atomic mass is 10.2. The number of carbonyl (C=O) groups excluding carboxylic acids is 2. The van der Waals surface area contributed by atoms with Crippen molar-refractivity contribution >= 4 is 40.9 Å². The van der Waals surface area contributed by atoms with E-state index >= 15 is 0 Å². The molecule has 0 spiro atoms. The molecule has 2 aromatic carbocycles. The first-order valence-corrected chi connectivity index (χ1v) is 12.3. The maximum absolute atomic E-state index is 12.6. The summed E-state index contributed by atoms with van der Waals surface area (Å²) in [6.07, 6.45) is 0. The largest absolute Gasteiger partial charge is 0.493 e. The fourth-order valence-electron chi connectivity index (χ4n) is 3.17. The number of aromatic nitrogens is 3. The van der Waals surface area contributed by atoms with Crippen molar-refractivity contribution in [2.75, 3.05) is 24.8 Å². The Balaban J connectivity index is 1.62. The summed E-state index contributed by atoms with van der Waals surface area (Å²) < 4.78 is 18.2. The highest BCUT2D eigenvalue weighted by Crippen LogP contribution is 2.29. The predicted molar refractivity (Wildman–Crippen MR) is 135 cm³/mol. The van der Waals surface area contributed by atoms with Gasteiger partial charge in [-0.25, -0.2) is 4.79 Å². The van der Waals surface area contributed by atoms with Gasteiger partial charge in [-0.15, -0.1) is 10.2 Å². The maximum Gasteiger partial charge on any atom is 0.338 e. The van der Waals surface area contributed by atoms with E-state index in [4.69, 9.17) is 25.8 Å². The monoisotopic (exact) mass is 518 g/mol. The fourth-order valence-corrected chi connectivity index (χ4v) is 4.15. The molecule has 0 radical (unpaired) electrons. The number of nitrogens with zero attached hydrogens (tertiary/aromatic N) is 3. The normalized spacial score (nSPS) is 10.7. The van der Waals surface area contributed by atoms with Crippen molar-refractivity contribution in [3.05, 3.63) is 58.4 Å². The van der Waals surface area contributed by atoms with Crippen LogP contribution in [0.15, 0.2) is 41.6 Å². The molecular weight excluding hydrogens is 492 g/mol. The van der Waals surface area contributed by atoms with E-state index in [0.717, 1.165) is 5.56 Å². The van der Waals surface area contributed by atoms with E-state index in [1.54, 1.807) is 26.2 Å². The Hall–Kier alpha value is -3.24. The van der Waals surface area contributed by atoms with Gasteiger partial charge < -0.3 is 24.1 Å². The van der Waals surface area contributed by atoms with Crippen molar-refractivity contribution in [3.63, 3.8) is 0 Å². The molecule has 11 heteroatoms. The van der Waals surface area contributed by atoms with Gasteiger partial charge in [-0.2, -0.15) is 0 Å². The first kappa shape index (κ1) is 26.4. The number of carbonyl (C=O) groups is 2. The minimum Gasteiger partial charge on any atom is -0.493 e. The summed E-state index contributed by atoms with van der Waals surface area (Å²) in [4.78, 5) is 24.5. The molecule has 0 aliphatic rings. The third-order valence-corrected chi connectivity index (χ3v) is 6.17.